The van der Waals surface area contributed by atoms with Gasteiger partial charge in [-0.2, -0.15) is 0 Å². The van der Waals surface area contributed by atoms with E-state index in [0.717, 1.165) is 5.56 Å². The van der Waals surface area contributed by atoms with Crippen molar-refractivity contribution in [3.05, 3.63) is 40.7 Å². The topological polar surface area (TPSA) is 20.2 Å². The maximum Gasteiger partial charge on any atom is 0.0628 e. The highest BCUT2D eigenvalue weighted by molar-refractivity contribution is 6.42. The van der Waals surface area contributed by atoms with Crippen molar-refractivity contribution in [1.82, 2.24) is 0 Å². The van der Waals surface area contributed by atoms with Crippen LogP contribution < -0.4 is 0 Å². The van der Waals surface area contributed by atoms with Crippen LogP contribution in [0.15, 0.2) is 18.2 Å². The average Bonchev–Trinajstić information content (AvgIpc) is 2.08. The Kier molecular flexibility index (Phi) is 3.60. The lowest BCUT2D eigenvalue weighted by molar-refractivity contribution is 0.178. The summed E-state index contributed by atoms with van der Waals surface area (Å²) in [6.45, 7) is 5.49. The molecule has 13 heavy (non-hydrogen) atoms. The van der Waals surface area contributed by atoms with Crippen molar-refractivity contribution in [1.29, 1.82) is 0 Å². The number of aliphatic hydroxyl groups is 1. The Morgan fingerprint density at radius 1 is 1.38 bits per heavy atom. The minimum atomic E-state index is -0.532. The number of aliphatic hydroxyl groups excluding tert-OH is 1. The first-order chi connectivity index (χ1) is 6.04. The zero-order valence-corrected chi connectivity index (χ0v) is 8.81. The van der Waals surface area contributed by atoms with Gasteiger partial charge in [-0.15, -0.1) is 0 Å². The van der Waals surface area contributed by atoms with Crippen LogP contribution in [0, 0.1) is 6.92 Å². The second kappa shape index (κ2) is 4.32. The van der Waals surface area contributed by atoms with Gasteiger partial charge in [0.15, 0.2) is 0 Å². The molecular weight excluding hydrogens is 207 g/mol. The Bertz CT molecular complexity index is 297. The first-order valence-corrected chi connectivity index (χ1v) is 4.74. The molecule has 1 rings (SSSR count). The highest BCUT2D eigenvalue weighted by atomic mass is 35.5. The Morgan fingerprint density at radius 2 is 2.00 bits per heavy atom. The first-order valence-electron chi connectivity index (χ1n) is 3.99. The number of hydrogen-bond acceptors (Lipinski definition) is 1. The Hall–Kier alpha value is -0.240. The van der Waals surface area contributed by atoms with Gasteiger partial charge in [-0.3, -0.25) is 0 Å². The van der Waals surface area contributed by atoms with E-state index in [-0.39, 0.29) is 5.92 Å². The zero-order chi connectivity index (χ0) is 10.0. The van der Waals surface area contributed by atoms with Crippen LogP contribution >= 0.6 is 23.2 Å². The largest absolute Gasteiger partial charge is 0.393 e. The molecule has 0 saturated heterocycles. The third-order valence-electron chi connectivity index (χ3n) is 1.96. The molecule has 0 amide bonds. The molecule has 0 aliphatic carbocycles. The molecule has 0 saturated carbocycles. The maximum atomic E-state index is 9.33. The van der Waals surface area contributed by atoms with Crippen molar-refractivity contribution in [2.75, 3.05) is 0 Å². The molecule has 0 heterocycles. The van der Waals surface area contributed by atoms with Gasteiger partial charge in [-0.25, -0.2) is 0 Å². The van der Waals surface area contributed by atoms with Gasteiger partial charge in [0.2, 0.25) is 0 Å². The maximum absolute atomic E-state index is 9.33. The van der Waals surface area contributed by atoms with Gasteiger partial charge in [0.05, 0.1) is 16.1 Å². The van der Waals surface area contributed by atoms with Crippen molar-refractivity contribution in [2.45, 2.75) is 18.9 Å². The predicted octanol–water partition coefficient (Wildman–Crippen LogP) is 3.29. The van der Waals surface area contributed by atoms with Crippen LogP contribution in [0.5, 0.6) is 0 Å². The first kappa shape index (κ1) is 10.8. The van der Waals surface area contributed by atoms with E-state index < -0.39 is 6.10 Å². The molecule has 1 radical (unpaired) electrons. The van der Waals surface area contributed by atoms with Crippen molar-refractivity contribution in [2.24, 2.45) is 0 Å². The van der Waals surface area contributed by atoms with Gasteiger partial charge in [-0.1, -0.05) is 35.3 Å². The summed E-state index contributed by atoms with van der Waals surface area (Å²) in [4.78, 5) is 0. The summed E-state index contributed by atoms with van der Waals surface area (Å²) >= 11 is 11.8. The molecule has 0 bridgehead atoms. The van der Waals surface area contributed by atoms with Crippen LogP contribution in [0.25, 0.3) is 0 Å². The van der Waals surface area contributed by atoms with E-state index in [0.29, 0.717) is 10.0 Å². The average molecular weight is 218 g/mol. The lowest BCUT2D eigenvalue weighted by Gasteiger charge is -2.16. The van der Waals surface area contributed by atoms with E-state index in [9.17, 15) is 5.11 Å². The van der Waals surface area contributed by atoms with Gasteiger partial charge in [0.25, 0.3) is 0 Å². The normalized spacial score (nSPS) is 15.5. The summed E-state index contributed by atoms with van der Waals surface area (Å²) in [7, 11) is 0. The molecule has 0 aliphatic rings. The van der Waals surface area contributed by atoms with E-state index >= 15 is 0 Å². The summed E-state index contributed by atoms with van der Waals surface area (Å²) < 4.78 is 0. The summed E-state index contributed by atoms with van der Waals surface area (Å²) in [5.74, 6) is -0.244. The van der Waals surface area contributed by atoms with Crippen LogP contribution in [-0.2, 0) is 0 Å². The van der Waals surface area contributed by atoms with Gasteiger partial charge >= 0.3 is 0 Å². The van der Waals surface area contributed by atoms with E-state index in [2.05, 4.69) is 6.92 Å². The number of benzene rings is 1. The van der Waals surface area contributed by atoms with E-state index in [1.165, 1.54) is 0 Å². The molecule has 0 spiro atoms. The molecule has 71 valence electrons. The zero-order valence-electron chi connectivity index (χ0n) is 7.30. The van der Waals surface area contributed by atoms with E-state index in [4.69, 9.17) is 23.2 Å². The van der Waals surface area contributed by atoms with Crippen molar-refractivity contribution >= 4 is 23.2 Å². The van der Waals surface area contributed by atoms with Gasteiger partial charge < -0.3 is 5.11 Å². The smallest absolute Gasteiger partial charge is 0.0628 e. The number of hydrogen-bond donors (Lipinski definition) is 1. The fourth-order valence-electron chi connectivity index (χ4n) is 1.07. The minimum absolute atomic E-state index is 0.244. The molecule has 2 unspecified atom stereocenters. The fraction of sp³-hybridized carbons (Fsp3) is 0.300. The molecular formula is C10H11Cl2O. The van der Waals surface area contributed by atoms with E-state index in [1.807, 2.05) is 6.07 Å². The highest BCUT2D eigenvalue weighted by Crippen LogP contribution is 2.31. The fourth-order valence-corrected chi connectivity index (χ4v) is 1.51. The summed E-state index contributed by atoms with van der Waals surface area (Å²) in [5, 5.41) is 10.3. The summed E-state index contributed by atoms with van der Waals surface area (Å²) in [5.41, 5.74) is 0.782. The third-order valence-corrected chi connectivity index (χ3v) is 2.80. The Balaban J connectivity index is 3.07. The van der Waals surface area contributed by atoms with Gasteiger partial charge in [0, 0.05) is 5.92 Å². The predicted molar refractivity (Wildman–Crippen MR) is 56.2 cm³/mol. The molecule has 2 atom stereocenters. The second-order valence-electron chi connectivity index (χ2n) is 2.99. The second-order valence-corrected chi connectivity index (χ2v) is 3.78. The van der Waals surface area contributed by atoms with Crippen LogP contribution in [0.2, 0.25) is 10.0 Å². The van der Waals surface area contributed by atoms with Gasteiger partial charge in [-0.05, 0) is 25.5 Å². The summed E-state index contributed by atoms with van der Waals surface area (Å²) in [6.07, 6.45) is -0.532. The minimum Gasteiger partial charge on any atom is -0.393 e. The lowest BCUT2D eigenvalue weighted by Crippen LogP contribution is -2.11. The number of rotatable bonds is 2. The van der Waals surface area contributed by atoms with Crippen LogP contribution in [0.3, 0.4) is 0 Å². The quantitative estimate of drug-likeness (QED) is 0.807. The third kappa shape index (κ3) is 2.37. The lowest BCUT2D eigenvalue weighted by atomic mass is 9.96. The molecule has 1 aromatic carbocycles. The van der Waals surface area contributed by atoms with Crippen LogP contribution in [-0.4, -0.2) is 11.2 Å². The molecule has 3 heteroatoms. The summed E-state index contributed by atoms with van der Waals surface area (Å²) in [6, 6.07) is 5.32. The van der Waals surface area contributed by atoms with Crippen LogP contribution in [0.1, 0.15) is 18.4 Å². The molecule has 1 nitrogen and oxygen atoms in total. The van der Waals surface area contributed by atoms with E-state index in [1.54, 1.807) is 19.1 Å². The molecule has 0 aliphatic heterocycles. The van der Waals surface area contributed by atoms with Crippen molar-refractivity contribution in [3.63, 3.8) is 0 Å². The SMILES string of the molecule is [CH2]C(c1cccc(Cl)c1Cl)C(C)O. The molecule has 0 fully saturated rings. The monoisotopic (exact) mass is 217 g/mol. The molecule has 1 aromatic rings. The van der Waals surface area contributed by atoms with Crippen molar-refractivity contribution < 1.29 is 5.11 Å². The van der Waals surface area contributed by atoms with Gasteiger partial charge in [0.1, 0.15) is 0 Å². The Morgan fingerprint density at radius 3 is 2.54 bits per heavy atom. The van der Waals surface area contributed by atoms with Crippen LogP contribution in [0.4, 0.5) is 0 Å². The standard InChI is InChI=1S/C10H11Cl2O/c1-6(7(2)13)8-4-3-5-9(11)10(8)12/h3-7,13H,1H2,2H3. The highest BCUT2D eigenvalue weighted by Gasteiger charge is 2.15. The van der Waals surface area contributed by atoms with Crippen molar-refractivity contribution in [3.8, 4) is 0 Å². The molecule has 0 aromatic heterocycles. The number of halogens is 2. The molecule has 1 N–H and O–H groups in total. The Labute approximate surface area is 88.3 Å².